The standard InChI is InChI=1S/C16H22N2O2/c1-2-8-17-16(19)11-15-13-18(9-10-20-15)12-14-6-4-3-5-7-14/h2-7,15H,1,8-13H2,(H,17,19)/t15-/m0/s1. The minimum Gasteiger partial charge on any atom is -0.375 e. The third-order valence-electron chi connectivity index (χ3n) is 3.33. The topological polar surface area (TPSA) is 41.6 Å². The smallest absolute Gasteiger partial charge is 0.222 e. The summed E-state index contributed by atoms with van der Waals surface area (Å²) in [4.78, 5) is 14.0. The fraction of sp³-hybridized carbons (Fsp3) is 0.438. The summed E-state index contributed by atoms with van der Waals surface area (Å²) in [6, 6.07) is 10.4. The average molecular weight is 274 g/mol. The number of benzene rings is 1. The maximum Gasteiger partial charge on any atom is 0.222 e. The highest BCUT2D eigenvalue weighted by molar-refractivity contribution is 5.76. The first-order valence-electron chi connectivity index (χ1n) is 7.03. The Labute approximate surface area is 120 Å². The summed E-state index contributed by atoms with van der Waals surface area (Å²) in [5.74, 6) is 0.0245. The molecule has 1 aliphatic rings. The van der Waals surface area contributed by atoms with Crippen LogP contribution in [-0.4, -0.2) is 43.2 Å². The molecule has 0 aromatic heterocycles. The number of ether oxygens (including phenoxy) is 1. The molecule has 0 unspecified atom stereocenters. The van der Waals surface area contributed by atoms with Gasteiger partial charge < -0.3 is 10.1 Å². The summed E-state index contributed by atoms with van der Waals surface area (Å²) in [7, 11) is 0. The maximum atomic E-state index is 11.7. The number of nitrogens with zero attached hydrogens (tertiary/aromatic N) is 1. The van der Waals surface area contributed by atoms with Crippen LogP contribution in [0.3, 0.4) is 0 Å². The summed E-state index contributed by atoms with van der Waals surface area (Å²) in [6.07, 6.45) is 2.08. The van der Waals surface area contributed by atoms with Gasteiger partial charge in [-0.3, -0.25) is 9.69 Å². The minimum absolute atomic E-state index is 0.0164. The van der Waals surface area contributed by atoms with Gasteiger partial charge in [0.1, 0.15) is 0 Å². The quantitative estimate of drug-likeness (QED) is 0.801. The van der Waals surface area contributed by atoms with Crippen molar-refractivity contribution in [3.8, 4) is 0 Å². The highest BCUT2D eigenvalue weighted by Gasteiger charge is 2.22. The van der Waals surface area contributed by atoms with Gasteiger partial charge >= 0.3 is 0 Å². The van der Waals surface area contributed by atoms with E-state index in [4.69, 9.17) is 4.74 Å². The Hall–Kier alpha value is -1.65. The Morgan fingerprint density at radius 2 is 2.25 bits per heavy atom. The van der Waals surface area contributed by atoms with E-state index in [1.54, 1.807) is 6.08 Å². The van der Waals surface area contributed by atoms with E-state index < -0.39 is 0 Å². The molecule has 20 heavy (non-hydrogen) atoms. The molecule has 108 valence electrons. The number of rotatable bonds is 6. The first kappa shape index (κ1) is 14.8. The number of hydrogen-bond donors (Lipinski definition) is 1. The van der Waals surface area contributed by atoms with Crippen LogP contribution in [0.25, 0.3) is 0 Å². The van der Waals surface area contributed by atoms with Gasteiger partial charge in [0.2, 0.25) is 5.91 Å². The van der Waals surface area contributed by atoms with Crippen LogP contribution in [0.1, 0.15) is 12.0 Å². The van der Waals surface area contributed by atoms with E-state index in [1.165, 1.54) is 5.56 Å². The van der Waals surface area contributed by atoms with E-state index >= 15 is 0 Å². The molecule has 1 heterocycles. The fourth-order valence-corrected chi connectivity index (χ4v) is 2.35. The summed E-state index contributed by atoms with van der Waals surface area (Å²) in [5.41, 5.74) is 1.30. The molecule has 4 heteroatoms. The van der Waals surface area contributed by atoms with Crippen molar-refractivity contribution in [2.75, 3.05) is 26.2 Å². The molecule has 1 aromatic carbocycles. The van der Waals surface area contributed by atoms with Gasteiger partial charge in [0.15, 0.2) is 0 Å². The molecule has 2 rings (SSSR count). The molecule has 0 saturated carbocycles. The molecule has 1 fully saturated rings. The first-order chi connectivity index (χ1) is 9.78. The Kier molecular flexibility index (Phi) is 5.77. The Morgan fingerprint density at radius 1 is 1.45 bits per heavy atom. The molecule has 4 nitrogen and oxygen atoms in total. The number of nitrogens with one attached hydrogen (secondary N) is 1. The zero-order chi connectivity index (χ0) is 14.2. The van der Waals surface area contributed by atoms with E-state index in [0.29, 0.717) is 19.6 Å². The second kappa shape index (κ2) is 7.82. The molecular formula is C16H22N2O2. The van der Waals surface area contributed by atoms with Crippen molar-refractivity contribution < 1.29 is 9.53 Å². The van der Waals surface area contributed by atoms with Gasteiger partial charge in [-0.1, -0.05) is 36.4 Å². The highest BCUT2D eigenvalue weighted by Crippen LogP contribution is 2.12. The van der Waals surface area contributed by atoms with Gasteiger partial charge in [-0.25, -0.2) is 0 Å². The summed E-state index contributed by atoms with van der Waals surface area (Å²) >= 11 is 0. The third-order valence-corrected chi connectivity index (χ3v) is 3.33. The van der Waals surface area contributed by atoms with Crippen LogP contribution in [0.15, 0.2) is 43.0 Å². The van der Waals surface area contributed by atoms with Crippen LogP contribution < -0.4 is 5.32 Å². The molecule has 1 aromatic rings. The second-order valence-electron chi connectivity index (χ2n) is 5.01. The Bertz CT molecular complexity index is 433. The van der Waals surface area contributed by atoms with Crippen molar-refractivity contribution in [3.05, 3.63) is 48.6 Å². The molecule has 0 bridgehead atoms. The molecule has 1 aliphatic heterocycles. The van der Waals surface area contributed by atoms with Crippen molar-refractivity contribution in [2.24, 2.45) is 0 Å². The van der Waals surface area contributed by atoms with E-state index in [9.17, 15) is 4.79 Å². The van der Waals surface area contributed by atoms with Crippen LogP contribution in [-0.2, 0) is 16.1 Å². The van der Waals surface area contributed by atoms with Crippen molar-refractivity contribution >= 4 is 5.91 Å². The lowest BCUT2D eigenvalue weighted by atomic mass is 10.1. The molecule has 0 radical (unpaired) electrons. The second-order valence-corrected chi connectivity index (χ2v) is 5.01. The van der Waals surface area contributed by atoms with Crippen LogP contribution in [0.5, 0.6) is 0 Å². The van der Waals surface area contributed by atoms with Crippen LogP contribution >= 0.6 is 0 Å². The van der Waals surface area contributed by atoms with Gasteiger partial charge in [-0.15, -0.1) is 6.58 Å². The maximum absolute atomic E-state index is 11.7. The third kappa shape index (κ3) is 4.79. The number of morpholine rings is 1. The minimum atomic E-state index is -0.0164. The van der Waals surface area contributed by atoms with Gasteiger partial charge in [-0.2, -0.15) is 0 Å². The monoisotopic (exact) mass is 274 g/mol. The van der Waals surface area contributed by atoms with Crippen molar-refractivity contribution in [2.45, 2.75) is 19.1 Å². The van der Waals surface area contributed by atoms with E-state index in [1.807, 2.05) is 6.07 Å². The lowest BCUT2D eigenvalue weighted by Gasteiger charge is -2.32. The number of hydrogen-bond acceptors (Lipinski definition) is 3. The average Bonchev–Trinajstić information content (AvgIpc) is 2.46. The van der Waals surface area contributed by atoms with Crippen molar-refractivity contribution in [1.29, 1.82) is 0 Å². The summed E-state index contributed by atoms with van der Waals surface area (Å²) in [6.45, 7) is 7.41. The largest absolute Gasteiger partial charge is 0.375 e. The van der Waals surface area contributed by atoms with E-state index in [2.05, 4.69) is 41.1 Å². The highest BCUT2D eigenvalue weighted by atomic mass is 16.5. The zero-order valence-corrected chi connectivity index (χ0v) is 11.8. The normalized spacial score (nSPS) is 19.5. The molecule has 1 N–H and O–H groups in total. The van der Waals surface area contributed by atoms with Crippen molar-refractivity contribution in [3.63, 3.8) is 0 Å². The van der Waals surface area contributed by atoms with Gasteiger partial charge in [0.05, 0.1) is 19.1 Å². The lowest BCUT2D eigenvalue weighted by Crippen LogP contribution is -2.44. The number of carbonyl (C=O) groups is 1. The van der Waals surface area contributed by atoms with E-state index in [0.717, 1.165) is 19.6 Å². The van der Waals surface area contributed by atoms with Crippen LogP contribution in [0.4, 0.5) is 0 Å². The molecular weight excluding hydrogens is 252 g/mol. The first-order valence-corrected chi connectivity index (χ1v) is 7.03. The van der Waals surface area contributed by atoms with Crippen molar-refractivity contribution in [1.82, 2.24) is 10.2 Å². The Balaban J connectivity index is 1.79. The summed E-state index contributed by atoms with van der Waals surface area (Å²) in [5, 5.41) is 2.79. The fourth-order valence-electron chi connectivity index (χ4n) is 2.35. The molecule has 1 amide bonds. The number of carbonyl (C=O) groups excluding carboxylic acids is 1. The predicted octanol–water partition coefficient (Wildman–Crippen LogP) is 1.58. The molecule has 0 spiro atoms. The molecule has 1 atom stereocenters. The van der Waals surface area contributed by atoms with Gasteiger partial charge in [-0.05, 0) is 5.56 Å². The lowest BCUT2D eigenvalue weighted by molar-refractivity contribution is -0.125. The summed E-state index contributed by atoms with van der Waals surface area (Å²) < 4.78 is 5.67. The van der Waals surface area contributed by atoms with Crippen LogP contribution in [0.2, 0.25) is 0 Å². The zero-order valence-electron chi connectivity index (χ0n) is 11.8. The molecule has 1 saturated heterocycles. The SMILES string of the molecule is C=CCNC(=O)C[C@H]1CN(Cc2ccccc2)CCO1. The Morgan fingerprint density at radius 3 is 3.00 bits per heavy atom. The van der Waals surface area contributed by atoms with E-state index in [-0.39, 0.29) is 12.0 Å². The molecule has 0 aliphatic carbocycles. The number of amides is 1. The van der Waals surface area contributed by atoms with Gasteiger partial charge in [0, 0.05) is 26.2 Å². The van der Waals surface area contributed by atoms with Crippen LogP contribution in [0, 0.1) is 0 Å². The predicted molar refractivity (Wildman–Crippen MR) is 79.3 cm³/mol. The van der Waals surface area contributed by atoms with Gasteiger partial charge in [0.25, 0.3) is 0 Å².